The fourth-order valence-electron chi connectivity index (χ4n) is 4.14. The summed E-state index contributed by atoms with van der Waals surface area (Å²) in [5, 5.41) is 6.28. The number of carbonyl (C=O) groups is 2. The van der Waals surface area contributed by atoms with E-state index in [1.807, 2.05) is 25.8 Å². The molecule has 1 aliphatic rings. The van der Waals surface area contributed by atoms with Crippen molar-refractivity contribution in [1.82, 2.24) is 4.90 Å². The molecule has 2 N–H and O–H groups in total. The molecule has 2 aromatic rings. The highest BCUT2D eigenvalue weighted by Gasteiger charge is 2.24. The van der Waals surface area contributed by atoms with Crippen molar-refractivity contribution in [1.29, 1.82) is 0 Å². The van der Waals surface area contributed by atoms with Crippen LogP contribution in [0.2, 0.25) is 5.02 Å². The Morgan fingerprint density at radius 1 is 1.03 bits per heavy atom. The zero-order valence-electron chi connectivity index (χ0n) is 20.2. The standard InChI is InChI=1S/C26H34ClN3O4/c1-4-33-20-12-14-24(34-5-2)23(16-20)29-25(31)17-28-18-11-13-21(22(27)15-18)26(32)30(3)19-9-7-6-8-10-19/h11-16,19,28H,4-10,17H2,1-3H3,(H,29,31). The van der Waals surface area contributed by atoms with Crippen molar-refractivity contribution in [3.05, 3.63) is 47.0 Å². The van der Waals surface area contributed by atoms with Gasteiger partial charge >= 0.3 is 0 Å². The smallest absolute Gasteiger partial charge is 0.255 e. The first-order chi connectivity index (χ1) is 16.4. The second kappa shape index (κ2) is 12.5. The molecule has 0 bridgehead atoms. The summed E-state index contributed by atoms with van der Waals surface area (Å²) in [4.78, 5) is 27.3. The van der Waals surface area contributed by atoms with Gasteiger partial charge in [-0.2, -0.15) is 0 Å². The third kappa shape index (κ3) is 6.79. The van der Waals surface area contributed by atoms with Gasteiger partial charge in [-0.15, -0.1) is 0 Å². The van der Waals surface area contributed by atoms with Gasteiger partial charge in [0.2, 0.25) is 5.91 Å². The molecule has 0 atom stereocenters. The molecule has 34 heavy (non-hydrogen) atoms. The van der Waals surface area contributed by atoms with Crippen molar-refractivity contribution >= 4 is 34.8 Å². The van der Waals surface area contributed by atoms with E-state index in [0.29, 0.717) is 46.7 Å². The van der Waals surface area contributed by atoms with Crippen LogP contribution < -0.4 is 20.1 Å². The van der Waals surface area contributed by atoms with E-state index in [9.17, 15) is 9.59 Å². The fourth-order valence-corrected chi connectivity index (χ4v) is 4.41. The first kappa shape index (κ1) is 25.7. The number of carbonyl (C=O) groups excluding carboxylic acids is 2. The summed E-state index contributed by atoms with van der Waals surface area (Å²) >= 11 is 6.44. The maximum atomic E-state index is 12.9. The van der Waals surface area contributed by atoms with Crippen LogP contribution in [-0.2, 0) is 4.79 Å². The number of benzene rings is 2. The largest absolute Gasteiger partial charge is 0.494 e. The molecule has 8 heteroatoms. The number of ether oxygens (including phenoxy) is 2. The molecule has 1 aliphatic carbocycles. The zero-order chi connectivity index (χ0) is 24.5. The highest BCUT2D eigenvalue weighted by molar-refractivity contribution is 6.34. The summed E-state index contributed by atoms with van der Waals surface area (Å²) in [6.45, 7) is 4.81. The molecule has 0 aromatic heterocycles. The second-order valence-corrected chi connectivity index (χ2v) is 8.74. The van der Waals surface area contributed by atoms with Crippen LogP contribution in [0.4, 0.5) is 11.4 Å². The highest BCUT2D eigenvalue weighted by Crippen LogP contribution is 2.30. The van der Waals surface area contributed by atoms with Crippen LogP contribution >= 0.6 is 11.6 Å². The van der Waals surface area contributed by atoms with Gasteiger partial charge in [-0.05, 0) is 57.0 Å². The lowest BCUT2D eigenvalue weighted by Gasteiger charge is -2.31. The van der Waals surface area contributed by atoms with E-state index in [-0.39, 0.29) is 24.4 Å². The van der Waals surface area contributed by atoms with Crippen molar-refractivity contribution in [2.24, 2.45) is 0 Å². The quantitative estimate of drug-likeness (QED) is 0.456. The minimum absolute atomic E-state index is 0.0238. The summed E-state index contributed by atoms with van der Waals surface area (Å²) in [5.41, 5.74) is 1.67. The predicted molar refractivity (Wildman–Crippen MR) is 136 cm³/mol. The average Bonchev–Trinajstić information content (AvgIpc) is 2.84. The van der Waals surface area contributed by atoms with Crippen LogP contribution in [0.25, 0.3) is 0 Å². The minimum Gasteiger partial charge on any atom is -0.494 e. The molecule has 0 heterocycles. The van der Waals surface area contributed by atoms with Gasteiger partial charge in [0.15, 0.2) is 0 Å². The molecule has 184 valence electrons. The van der Waals surface area contributed by atoms with Gasteiger partial charge in [-0.3, -0.25) is 9.59 Å². The van der Waals surface area contributed by atoms with Gasteiger partial charge < -0.3 is 25.0 Å². The summed E-state index contributed by atoms with van der Waals surface area (Å²) in [6.07, 6.45) is 5.62. The molecular weight excluding hydrogens is 454 g/mol. The average molecular weight is 488 g/mol. The number of hydrogen-bond donors (Lipinski definition) is 2. The molecule has 0 aliphatic heterocycles. The monoisotopic (exact) mass is 487 g/mol. The van der Waals surface area contributed by atoms with Gasteiger partial charge in [0.05, 0.1) is 36.0 Å². The summed E-state index contributed by atoms with van der Waals surface area (Å²) < 4.78 is 11.1. The molecule has 1 saturated carbocycles. The molecule has 0 spiro atoms. The Labute approximate surface area is 206 Å². The van der Waals surface area contributed by atoms with Crippen LogP contribution in [0.15, 0.2) is 36.4 Å². The predicted octanol–water partition coefficient (Wildman–Crippen LogP) is 5.59. The van der Waals surface area contributed by atoms with Gasteiger partial charge in [-0.1, -0.05) is 30.9 Å². The molecule has 2 aromatic carbocycles. The van der Waals surface area contributed by atoms with E-state index < -0.39 is 0 Å². The number of hydrogen-bond acceptors (Lipinski definition) is 5. The van der Waals surface area contributed by atoms with Crippen molar-refractivity contribution in [2.75, 3.05) is 37.4 Å². The Balaban J connectivity index is 1.60. The number of rotatable bonds is 10. The van der Waals surface area contributed by atoms with Crippen molar-refractivity contribution < 1.29 is 19.1 Å². The third-order valence-electron chi connectivity index (χ3n) is 5.93. The van der Waals surface area contributed by atoms with E-state index in [1.165, 1.54) is 6.42 Å². The van der Waals surface area contributed by atoms with E-state index in [4.69, 9.17) is 21.1 Å². The number of nitrogens with one attached hydrogen (secondary N) is 2. The van der Waals surface area contributed by atoms with Crippen LogP contribution in [0.3, 0.4) is 0 Å². The van der Waals surface area contributed by atoms with Crippen LogP contribution in [0, 0.1) is 0 Å². The van der Waals surface area contributed by atoms with Gasteiger partial charge in [0.25, 0.3) is 5.91 Å². The maximum Gasteiger partial charge on any atom is 0.255 e. The fraction of sp³-hybridized carbons (Fsp3) is 0.462. The first-order valence-corrected chi connectivity index (χ1v) is 12.3. The van der Waals surface area contributed by atoms with Crippen molar-refractivity contribution in [3.8, 4) is 11.5 Å². The van der Waals surface area contributed by atoms with E-state index in [2.05, 4.69) is 10.6 Å². The Kier molecular flexibility index (Phi) is 9.45. The van der Waals surface area contributed by atoms with E-state index >= 15 is 0 Å². The van der Waals surface area contributed by atoms with Crippen LogP contribution in [0.5, 0.6) is 11.5 Å². The number of amides is 2. The lowest BCUT2D eigenvalue weighted by molar-refractivity contribution is -0.114. The van der Waals surface area contributed by atoms with Crippen molar-refractivity contribution in [2.45, 2.75) is 52.0 Å². The normalized spacial score (nSPS) is 13.8. The first-order valence-electron chi connectivity index (χ1n) is 11.9. The van der Waals surface area contributed by atoms with Crippen molar-refractivity contribution in [3.63, 3.8) is 0 Å². The Morgan fingerprint density at radius 3 is 2.44 bits per heavy atom. The third-order valence-corrected chi connectivity index (χ3v) is 6.24. The SMILES string of the molecule is CCOc1ccc(OCC)c(NC(=O)CNc2ccc(C(=O)N(C)C3CCCCC3)c(Cl)c2)c1. The van der Waals surface area contributed by atoms with E-state index in [1.54, 1.807) is 36.4 Å². The Morgan fingerprint density at radius 2 is 1.76 bits per heavy atom. The Hall–Kier alpha value is -2.93. The number of anilines is 2. The van der Waals surface area contributed by atoms with Gasteiger partial charge in [-0.25, -0.2) is 0 Å². The molecule has 3 rings (SSSR count). The summed E-state index contributed by atoms with van der Waals surface area (Å²) in [7, 11) is 1.85. The second-order valence-electron chi connectivity index (χ2n) is 8.33. The maximum absolute atomic E-state index is 12.9. The number of halogens is 1. The lowest BCUT2D eigenvalue weighted by Crippen LogP contribution is -2.38. The zero-order valence-corrected chi connectivity index (χ0v) is 20.9. The minimum atomic E-state index is -0.247. The molecule has 0 unspecified atom stereocenters. The summed E-state index contributed by atoms with van der Waals surface area (Å²) in [6, 6.07) is 10.7. The summed E-state index contributed by atoms with van der Waals surface area (Å²) in [5.74, 6) is 0.911. The molecule has 2 amide bonds. The lowest BCUT2D eigenvalue weighted by atomic mass is 9.94. The number of nitrogens with zero attached hydrogens (tertiary/aromatic N) is 1. The van der Waals surface area contributed by atoms with Crippen LogP contribution in [-0.4, -0.2) is 49.6 Å². The molecule has 1 fully saturated rings. The molecule has 0 saturated heterocycles. The highest BCUT2D eigenvalue weighted by atomic mass is 35.5. The van der Waals surface area contributed by atoms with Crippen LogP contribution in [0.1, 0.15) is 56.3 Å². The van der Waals surface area contributed by atoms with Gasteiger partial charge in [0, 0.05) is 24.8 Å². The van der Waals surface area contributed by atoms with Gasteiger partial charge in [0.1, 0.15) is 11.5 Å². The molecular formula is C26H34ClN3O4. The Bertz CT molecular complexity index is 992. The molecule has 7 nitrogen and oxygen atoms in total. The molecule has 0 radical (unpaired) electrons. The van der Waals surface area contributed by atoms with E-state index in [0.717, 1.165) is 25.7 Å². The topological polar surface area (TPSA) is 79.9 Å².